The Morgan fingerprint density at radius 2 is 2.15 bits per heavy atom. The molecule has 1 amide bonds. The average molecular weight is 383 g/mol. The predicted molar refractivity (Wildman–Crippen MR) is 112 cm³/mol. The van der Waals surface area contributed by atoms with Crippen LogP contribution in [0.25, 0.3) is 10.9 Å². The van der Waals surface area contributed by atoms with Crippen molar-refractivity contribution in [3.63, 3.8) is 0 Å². The van der Waals surface area contributed by atoms with Gasteiger partial charge in [-0.1, -0.05) is 13.0 Å². The zero-order valence-corrected chi connectivity index (χ0v) is 17.2. The second-order valence-corrected chi connectivity index (χ2v) is 8.34. The van der Waals surface area contributed by atoms with E-state index in [4.69, 9.17) is 0 Å². The van der Waals surface area contributed by atoms with Crippen molar-refractivity contribution < 1.29 is 4.79 Å². The van der Waals surface area contributed by atoms with Crippen molar-refractivity contribution in [2.75, 3.05) is 18.9 Å². The van der Waals surface area contributed by atoms with E-state index in [9.17, 15) is 4.79 Å². The maximum atomic E-state index is 13.1. The minimum absolute atomic E-state index is 0.0666. The quantitative estimate of drug-likeness (QED) is 0.735. The number of likely N-dealkylation sites (N-methyl/N-ethyl adjacent to an activating group) is 1. The number of carbonyl (C=O) groups is 1. The van der Waals surface area contributed by atoms with Gasteiger partial charge in [-0.2, -0.15) is 0 Å². The number of anilines is 1. The van der Waals surface area contributed by atoms with Gasteiger partial charge < -0.3 is 9.47 Å². The van der Waals surface area contributed by atoms with Gasteiger partial charge in [0.25, 0.3) is 5.91 Å². The number of aromatic nitrogens is 2. The molecule has 1 N–H and O–H groups in total. The number of amides is 1. The first-order valence-electron chi connectivity index (χ1n) is 9.62. The summed E-state index contributed by atoms with van der Waals surface area (Å²) in [5, 5.41) is 4.94. The van der Waals surface area contributed by atoms with Gasteiger partial charge in [-0.3, -0.25) is 10.1 Å². The van der Waals surface area contributed by atoms with Crippen LogP contribution in [0.15, 0.2) is 18.2 Å². The lowest BCUT2D eigenvalue weighted by molar-refractivity contribution is 0.101. The number of carbonyl (C=O) groups excluding carboxylic acids is 1. The predicted octanol–water partition coefficient (Wildman–Crippen LogP) is 4.23. The van der Waals surface area contributed by atoms with E-state index < -0.39 is 0 Å². The molecule has 0 atom stereocenters. The minimum atomic E-state index is -0.0666. The Morgan fingerprint density at radius 3 is 2.89 bits per heavy atom. The highest BCUT2D eigenvalue weighted by Gasteiger charge is 2.23. The summed E-state index contributed by atoms with van der Waals surface area (Å²) in [6, 6.07) is 6.51. The first-order valence-corrected chi connectivity index (χ1v) is 10.4. The fourth-order valence-corrected chi connectivity index (χ4v) is 5.03. The molecule has 1 aromatic carbocycles. The minimum Gasteiger partial charge on any atom is -0.337 e. The Hall–Kier alpha value is -2.18. The van der Waals surface area contributed by atoms with Gasteiger partial charge in [0, 0.05) is 41.8 Å². The molecule has 0 radical (unpaired) electrons. The molecule has 0 spiro atoms. The van der Waals surface area contributed by atoms with Gasteiger partial charge in [-0.25, -0.2) is 4.98 Å². The highest BCUT2D eigenvalue weighted by Crippen LogP contribution is 2.30. The summed E-state index contributed by atoms with van der Waals surface area (Å²) in [5.74, 6) is -0.0666. The molecule has 6 heteroatoms. The van der Waals surface area contributed by atoms with Crippen LogP contribution in [0.3, 0.4) is 0 Å². The van der Waals surface area contributed by atoms with Gasteiger partial charge in [0.1, 0.15) is 5.69 Å². The molecule has 1 aliphatic heterocycles. The van der Waals surface area contributed by atoms with Crippen molar-refractivity contribution in [3.8, 4) is 0 Å². The zero-order valence-electron chi connectivity index (χ0n) is 16.4. The summed E-state index contributed by atoms with van der Waals surface area (Å²) in [6.45, 7) is 8.98. The Labute approximate surface area is 164 Å². The molecule has 2 aromatic heterocycles. The lowest BCUT2D eigenvalue weighted by Gasteiger charge is -2.20. The van der Waals surface area contributed by atoms with E-state index >= 15 is 0 Å². The summed E-state index contributed by atoms with van der Waals surface area (Å²) in [4.78, 5) is 21.4. The maximum Gasteiger partial charge on any atom is 0.274 e. The molecular weight excluding hydrogens is 356 g/mol. The van der Waals surface area contributed by atoms with Gasteiger partial charge >= 0.3 is 0 Å². The largest absolute Gasteiger partial charge is 0.337 e. The van der Waals surface area contributed by atoms with Crippen molar-refractivity contribution in [1.82, 2.24) is 14.5 Å². The number of aryl methyl sites for hydroxylation is 3. The number of fused-ring (bicyclic) bond motifs is 2. The Bertz CT molecular complexity index is 1020. The highest BCUT2D eigenvalue weighted by atomic mass is 32.1. The van der Waals surface area contributed by atoms with E-state index in [0.29, 0.717) is 5.13 Å². The molecule has 1 aliphatic rings. The fourth-order valence-electron chi connectivity index (χ4n) is 3.94. The van der Waals surface area contributed by atoms with Crippen LogP contribution in [0.1, 0.15) is 46.0 Å². The molecule has 3 heterocycles. The van der Waals surface area contributed by atoms with Crippen molar-refractivity contribution in [2.45, 2.75) is 46.7 Å². The topological polar surface area (TPSA) is 50.2 Å². The Balaban J connectivity index is 1.69. The molecule has 0 aliphatic carbocycles. The fraction of sp³-hybridized carbons (Fsp3) is 0.429. The molecule has 5 nitrogen and oxygen atoms in total. The molecule has 0 saturated carbocycles. The standard InChI is InChI=1S/C21H26N4OS/c1-5-14-7-8-17-15(11-14)13(3)19(25(17)6-2)20(26)23-21-22-16-9-10-24(4)12-18(16)27-21/h7-8,11H,5-6,9-10,12H2,1-4H3,(H,22,23,26). The third kappa shape index (κ3) is 3.17. The molecule has 0 saturated heterocycles. The first kappa shape index (κ1) is 18.2. The van der Waals surface area contributed by atoms with Gasteiger partial charge in [-0.05, 0) is 50.6 Å². The monoisotopic (exact) mass is 382 g/mol. The van der Waals surface area contributed by atoms with Crippen LogP contribution in [0.5, 0.6) is 0 Å². The van der Waals surface area contributed by atoms with Crippen molar-refractivity contribution in [2.24, 2.45) is 0 Å². The van der Waals surface area contributed by atoms with Crippen molar-refractivity contribution in [1.29, 1.82) is 0 Å². The number of hydrogen-bond donors (Lipinski definition) is 1. The van der Waals surface area contributed by atoms with E-state index in [0.717, 1.165) is 54.9 Å². The number of benzene rings is 1. The maximum absolute atomic E-state index is 13.1. The first-order chi connectivity index (χ1) is 13.0. The smallest absolute Gasteiger partial charge is 0.274 e. The highest BCUT2D eigenvalue weighted by molar-refractivity contribution is 7.15. The average Bonchev–Trinajstić information content (AvgIpc) is 3.18. The molecule has 3 aromatic rings. The molecule has 0 unspecified atom stereocenters. The lowest BCUT2D eigenvalue weighted by atomic mass is 10.1. The van der Waals surface area contributed by atoms with Crippen LogP contribution >= 0.6 is 11.3 Å². The van der Waals surface area contributed by atoms with E-state index in [2.05, 4.69) is 58.9 Å². The summed E-state index contributed by atoms with van der Waals surface area (Å²) in [6.07, 6.45) is 1.94. The normalized spacial score (nSPS) is 14.5. The van der Waals surface area contributed by atoms with Crippen LogP contribution in [0, 0.1) is 6.92 Å². The third-order valence-corrected chi connectivity index (χ3v) is 6.46. The zero-order chi connectivity index (χ0) is 19.1. The number of hydrogen-bond acceptors (Lipinski definition) is 4. The van der Waals surface area contributed by atoms with Crippen molar-refractivity contribution >= 4 is 33.3 Å². The summed E-state index contributed by atoms with van der Waals surface area (Å²) >= 11 is 1.60. The number of thiazole rings is 1. The SMILES string of the molecule is CCc1ccc2c(c1)c(C)c(C(=O)Nc1nc3c(s1)CN(C)CC3)n2CC. The van der Waals surface area contributed by atoms with E-state index in [-0.39, 0.29) is 5.91 Å². The molecule has 142 valence electrons. The lowest BCUT2D eigenvalue weighted by Crippen LogP contribution is -2.25. The van der Waals surface area contributed by atoms with Crippen LogP contribution < -0.4 is 5.32 Å². The van der Waals surface area contributed by atoms with Crippen LogP contribution in [-0.2, 0) is 25.9 Å². The second-order valence-electron chi connectivity index (χ2n) is 7.25. The van der Waals surface area contributed by atoms with E-state index in [1.165, 1.54) is 15.8 Å². The number of nitrogens with one attached hydrogen (secondary N) is 1. The Kier molecular flexibility index (Phi) is 4.78. The number of rotatable bonds is 4. The summed E-state index contributed by atoms with van der Waals surface area (Å²) in [7, 11) is 2.12. The van der Waals surface area contributed by atoms with Crippen LogP contribution in [-0.4, -0.2) is 34.0 Å². The molecular formula is C21H26N4OS. The molecule has 27 heavy (non-hydrogen) atoms. The van der Waals surface area contributed by atoms with Crippen molar-refractivity contribution in [3.05, 3.63) is 45.6 Å². The Morgan fingerprint density at radius 1 is 1.33 bits per heavy atom. The third-order valence-electron chi connectivity index (χ3n) is 5.46. The van der Waals surface area contributed by atoms with Gasteiger partial charge in [0.15, 0.2) is 5.13 Å². The van der Waals surface area contributed by atoms with Crippen LogP contribution in [0.2, 0.25) is 0 Å². The van der Waals surface area contributed by atoms with Gasteiger partial charge in [0.2, 0.25) is 0 Å². The molecule has 0 fully saturated rings. The molecule has 4 rings (SSSR count). The summed E-state index contributed by atoms with van der Waals surface area (Å²) in [5.41, 5.74) is 5.33. The summed E-state index contributed by atoms with van der Waals surface area (Å²) < 4.78 is 2.11. The van der Waals surface area contributed by atoms with Gasteiger partial charge in [0.05, 0.1) is 5.69 Å². The number of nitrogens with zero attached hydrogens (tertiary/aromatic N) is 3. The van der Waals surface area contributed by atoms with E-state index in [1.54, 1.807) is 11.3 Å². The molecule has 0 bridgehead atoms. The van der Waals surface area contributed by atoms with E-state index in [1.807, 2.05) is 6.92 Å². The van der Waals surface area contributed by atoms with Crippen LogP contribution in [0.4, 0.5) is 5.13 Å². The van der Waals surface area contributed by atoms with Gasteiger partial charge in [-0.15, -0.1) is 11.3 Å². The second kappa shape index (κ2) is 7.09.